The normalized spacial score (nSPS) is 18.1. The maximum Gasteiger partial charge on any atom is 0.326 e. The third kappa shape index (κ3) is 3.34. The Hall–Kier alpha value is -2.50. The average Bonchev–Trinajstić information content (AvgIpc) is 2.95. The Balaban J connectivity index is 2.10. The highest BCUT2D eigenvalue weighted by molar-refractivity contribution is 5.94. The highest BCUT2D eigenvalue weighted by Gasteiger charge is 2.32. The van der Waals surface area contributed by atoms with Crippen molar-refractivity contribution < 1.29 is 24.5 Å². The molecule has 1 heterocycles. The van der Waals surface area contributed by atoms with Gasteiger partial charge >= 0.3 is 5.97 Å². The van der Waals surface area contributed by atoms with Gasteiger partial charge in [0.15, 0.2) is 11.5 Å². The molecule has 2 N–H and O–H groups in total. The number of benzene rings is 1. The molecule has 1 aromatic carbocycles. The van der Waals surface area contributed by atoms with Crippen LogP contribution in [0.25, 0.3) is 6.08 Å². The van der Waals surface area contributed by atoms with E-state index in [-0.39, 0.29) is 11.7 Å². The van der Waals surface area contributed by atoms with Crippen molar-refractivity contribution in [2.45, 2.75) is 18.9 Å². The van der Waals surface area contributed by atoms with E-state index in [9.17, 15) is 14.7 Å². The van der Waals surface area contributed by atoms with Crippen LogP contribution >= 0.6 is 0 Å². The van der Waals surface area contributed by atoms with Crippen molar-refractivity contribution in [3.63, 3.8) is 0 Å². The number of phenols is 1. The third-order valence-corrected chi connectivity index (χ3v) is 3.44. The molecule has 0 aliphatic carbocycles. The van der Waals surface area contributed by atoms with Crippen LogP contribution in [0.5, 0.6) is 11.5 Å². The van der Waals surface area contributed by atoms with Crippen LogP contribution in [0.2, 0.25) is 0 Å². The number of carboxylic acid groups (broad SMARTS) is 1. The smallest absolute Gasteiger partial charge is 0.326 e. The van der Waals surface area contributed by atoms with E-state index in [1.807, 2.05) is 0 Å². The number of carboxylic acids is 1. The second-order valence-electron chi connectivity index (χ2n) is 4.79. The molecule has 1 aliphatic heterocycles. The van der Waals surface area contributed by atoms with Crippen LogP contribution < -0.4 is 4.74 Å². The summed E-state index contributed by atoms with van der Waals surface area (Å²) >= 11 is 0. The number of amides is 1. The minimum atomic E-state index is -0.972. The Bertz CT molecular complexity index is 581. The predicted molar refractivity (Wildman–Crippen MR) is 76.1 cm³/mol. The van der Waals surface area contributed by atoms with Crippen LogP contribution in [0.1, 0.15) is 18.4 Å². The van der Waals surface area contributed by atoms with Gasteiger partial charge in [-0.1, -0.05) is 6.07 Å². The monoisotopic (exact) mass is 291 g/mol. The minimum absolute atomic E-state index is 0.0199. The number of methoxy groups -OCH3 is 1. The SMILES string of the molecule is COc1cc(/C=C/C(=O)N2CCC[C@H]2C(=O)O)ccc1O. The van der Waals surface area contributed by atoms with Gasteiger partial charge in [-0.2, -0.15) is 0 Å². The molecule has 21 heavy (non-hydrogen) atoms. The van der Waals surface area contributed by atoms with Crippen LogP contribution in [0.3, 0.4) is 0 Å². The van der Waals surface area contributed by atoms with Crippen molar-refractivity contribution in [2.75, 3.05) is 13.7 Å². The molecule has 1 saturated heterocycles. The Morgan fingerprint density at radius 1 is 1.43 bits per heavy atom. The number of phenolic OH excluding ortho intramolecular Hbond substituents is 1. The molecular formula is C15H17NO5. The summed E-state index contributed by atoms with van der Waals surface area (Å²) in [6.45, 7) is 0.457. The number of hydrogen-bond acceptors (Lipinski definition) is 4. The Kier molecular flexibility index (Phi) is 4.47. The molecule has 0 unspecified atom stereocenters. The van der Waals surface area contributed by atoms with Gasteiger partial charge in [-0.15, -0.1) is 0 Å². The molecule has 1 aliphatic rings. The summed E-state index contributed by atoms with van der Waals surface area (Å²) < 4.78 is 4.98. The highest BCUT2D eigenvalue weighted by Crippen LogP contribution is 2.27. The van der Waals surface area contributed by atoms with Crippen LogP contribution in [0.4, 0.5) is 0 Å². The first-order valence-corrected chi connectivity index (χ1v) is 6.61. The van der Waals surface area contributed by atoms with E-state index in [1.165, 1.54) is 24.2 Å². The quantitative estimate of drug-likeness (QED) is 0.821. The molecule has 0 aromatic heterocycles. The molecule has 1 aromatic rings. The van der Waals surface area contributed by atoms with Gasteiger partial charge < -0.3 is 19.8 Å². The molecule has 2 rings (SSSR count). The lowest BCUT2D eigenvalue weighted by Gasteiger charge is -2.19. The second-order valence-corrected chi connectivity index (χ2v) is 4.79. The number of hydrogen-bond donors (Lipinski definition) is 2. The third-order valence-electron chi connectivity index (χ3n) is 3.44. The van der Waals surface area contributed by atoms with Crippen LogP contribution in [0.15, 0.2) is 24.3 Å². The summed E-state index contributed by atoms with van der Waals surface area (Å²) in [7, 11) is 1.44. The Morgan fingerprint density at radius 3 is 2.86 bits per heavy atom. The van der Waals surface area contributed by atoms with E-state index in [0.717, 1.165) is 0 Å². The van der Waals surface area contributed by atoms with E-state index in [1.54, 1.807) is 18.2 Å². The van der Waals surface area contributed by atoms with Gasteiger partial charge in [-0.05, 0) is 36.6 Å². The fourth-order valence-electron chi connectivity index (χ4n) is 2.35. The van der Waals surface area contributed by atoms with Crippen LogP contribution in [-0.2, 0) is 9.59 Å². The van der Waals surface area contributed by atoms with Gasteiger partial charge in [0.2, 0.25) is 5.91 Å². The lowest BCUT2D eigenvalue weighted by atomic mass is 10.2. The molecule has 0 saturated carbocycles. The molecule has 112 valence electrons. The molecule has 0 radical (unpaired) electrons. The summed E-state index contributed by atoms with van der Waals surface area (Å²) in [5.41, 5.74) is 0.684. The lowest BCUT2D eigenvalue weighted by molar-refractivity contribution is -0.146. The average molecular weight is 291 g/mol. The number of nitrogens with zero attached hydrogens (tertiary/aromatic N) is 1. The number of aromatic hydroxyl groups is 1. The zero-order valence-corrected chi connectivity index (χ0v) is 11.7. The van der Waals surface area contributed by atoms with Gasteiger partial charge in [0.1, 0.15) is 6.04 Å². The minimum Gasteiger partial charge on any atom is -0.504 e. The molecule has 0 spiro atoms. The first kappa shape index (κ1) is 14.9. The number of likely N-dealkylation sites (tertiary alicyclic amines) is 1. The molecule has 1 amide bonds. The number of ether oxygens (including phenoxy) is 1. The van der Waals surface area contributed by atoms with Crippen LogP contribution in [-0.4, -0.2) is 46.7 Å². The Labute approximate surface area is 122 Å². The van der Waals surface area contributed by atoms with Crippen molar-refractivity contribution in [2.24, 2.45) is 0 Å². The van der Waals surface area contributed by atoms with Crippen molar-refractivity contribution in [3.05, 3.63) is 29.8 Å². The van der Waals surface area contributed by atoms with Crippen molar-refractivity contribution >= 4 is 18.0 Å². The zero-order valence-electron chi connectivity index (χ0n) is 11.7. The maximum absolute atomic E-state index is 12.1. The summed E-state index contributed by atoms with van der Waals surface area (Å²) in [5.74, 6) is -0.965. The Morgan fingerprint density at radius 2 is 2.19 bits per heavy atom. The van der Waals surface area contributed by atoms with Gasteiger partial charge in [-0.3, -0.25) is 4.79 Å². The van der Waals surface area contributed by atoms with Crippen LogP contribution in [0, 0.1) is 0 Å². The summed E-state index contributed by atoms with van der Waals surface area (Å²) in [6.07, 6.45) is 4.10. The fraction of sp³-hybridized carbons (Fsp3) is 0.333. The first-order chi connectivity index (χ1) is 10.0. The number of aliphatic carboxylic acids is 1. The van der Waals surface area contributed by atoms with Gasteiger partial charge in [-0.25, -0.2) is 4.79 Å². The lowest BCUT2D eigenvalue weighted by Crippen LogP contribution is -2.39. The van der Waals surface area contributed by atoms with E-state index < -0.39 is 12.0 Å². The van der Waals surface area contributed by atoms with E-state index >= 15 is 0 Å². The van der Waals surface area contributed by atoms with E-state index in [0.29, 0.717) is 30.7 Å². The molecular weight excluding hydrogens is 274 g/mol. The number of carbonyl (C=O) groups excluding carboxylic acids is 1. The maximum atomic E-state index is 12.1. The van der Waals surface area contributed by atoms with E-state index in [4.69, 9.17) is 9.84 Å². The topological polar surface area (TPSA) is 87.1 Å². The second kappa shape index (κ2) is 6.30. The molecule has 1 fully saturated rings. The largest absolute Gasteiger partial charge is 0.504 e. The predicted octanol–water partition coefficient (Wildman–Crippen LogP) is 1.49. The van der Waals surface area contributed by atoms with Crippen molar-refractivity contribution in [3.8, 4) is 11.5 Å². The number of rotatable bonds is 4. The molecule has 1 atom stereocenters. The van der Waals surface area contributed by atoms with Crippen molar-refractivity contribution in [1.82, 2.24) is 4.90 Å². The fourth-order valence-corrected chi connectivity index (χ4v) is 2.35. The van der Waals surface area contributed by atoms with E-state index in [2.05, 4.69) is 0 Å². The standard InChI is InChI=1S/C15H17NO5/c1-21-13-9-10(4-6-12(13)17)5-7-14(18)16-8-2-3-11(16)15(19)20/h4-7,9,11,17H,2-3,8H2,1H3,(H,19,20)/b7-5+/t11-/m0/s1. The first-order valence-electron chi connectivity index (χ1n) is 6.61. The molecule has 6 nitrogen and oxygen atoms in total. The summed E-state index contributed by atoms with van der Waals surface area (Å²) in [6, 6.07) is 3.97. The molecule has 6 heteroatoms. The highest BCUT2D eigenvalue weighted by atomic mass is 16.5. The molecule has 0 bridgehead atoms. The number of carbonyl (C=O) groups is 2. The van der Waals surface area contributed by atoms with Crippen molar-refractivity contribution in [1.29, 1.82) is 0 Å². The van der Waals surface area contributed by atoms with Gasteiger partial charge in [0.05, 0.1) is 7.11 Å². The van der Waals surface area contributed by atoms with Gasteiger partial charge in [0, 0.05) is 12.6 Å². The zero-order chi connectivity index (χ0) is 15.4. The van der Waals surface area contributed by atoms with Gasteiger partial charge in [0.25, 0.3) is 0 Å². The summed E-state index contributed by atoms with van der Waals surface area (Å²) in [4.78, 5) is 24.5. The summed E-state index contributed by atoms with van der Waals surface area (Å²) in [5, 5.41) is 18.5.